The van der Waals surface area contributed by atoms with Gasteiger partial charge in [0.05, 0.1) is 5.75 Å². The Balaban J connectivity index is 2.11. The second kappa shape index (κ2) is 12.0. The Hall–Kier alpha value is -2.05. The Labute approximate surface area is 187 Å². The first-order valence-electron chi connectivity index (χ1n) is 9.96. The lowest BCUT2D eigenvalue weighted by molar-refractivity contribution is -0.139. The summed E-state index contributed by atoms with van der Waals surface area (Å²) >= 11 is 7.42. The first-order valence-corrected chi connectivity index (χ1v) is 11.5. The molecule has 0 unspecified atom stereocenters. The number of carbonyl (C=O) groups excluding carboxylic acids is 2. The van der Waals surface area contributed by atoms with E-state index in [-0.39, 0.29) is 29.4 Å². The molecule has 1 N–H and O–H groups in total. The second-order valence-corrected chi connectivity index (χ2v) is 8.78. The maximum atomic E-state index is 13.1. The molecule has 0 fully saturated rings. The van der Waals surface area contributed by atoms with E-state index < -0.39 is 6.04 Å². The molecular formula is C23H28ClFN2O2S. The van der Waals surface area contributed by atoms with E-state index in [0.29, 0.717) is 23.7 Å². The van der Waals surface area contributed by atoms with Crippen LogP contribution in [0.3, 0.4) is 0 Å². The van der Waals surface area contributed by atoms with Crippen molar-refractivity contribution >= 4 is 35.2 Å². The van der Waals surface area contributed by atoms with Gasteiger partial charge in [-0.3, -0.25) is 9.59 Å². The largest absolute Gasteiger partial charge is 0.352 e. The summed E-state index contributed by atoms with van der Waals surface area (Å²) in [4.78, 5) is 27.5. The van der Waals surface area contributed by atoms with Crippen LogP contribution in [0.5, 0.6) is 0 Å². The maximum Gasteiger partial charge on any atom is 0.243 e. The first kappa shape index (κ1) is 24.2. The van der Waals surface area contributed by atoms with Crippen molar-refractivity contribution in [3.05, 3.63) is 70.5 Å². The molecule has 7 heteroatoms. The van der Waals surface area contributed by atoms with Crippen LogP contribution < -0.4 is 5.32 Å². The average molecular weight is 451 g/mol. The molecule has 4 nitrogen and oxygen atoms in total. The van der Waals surface area contributed by atoms with Crippen LogP contribution in [0.1, 0.15) is 38.3 Å². The van der Waals surface area contributed by atoms with Crippen molar-refractivity contribution in [2.45, 2.75) is 51.6 Å². The third-order valence-electron chi connectivity index (χ3n) is 4.49. The van der Waals surface area contributed by atoms with Gasteiger partial charge in [0.1, 0.15) is 11.9 Å². The van der Waals surface area contributed by atoms with Crippen LogP contribution in [0.4, 0.5) is 4.39 Å². The van der Waals surface area contributed by atoms with Crippen LogP contribution in [0.15, 0.2) is 48.5 Å². The quantitative estimate of drug-likeness (QED) is 0.551. The highest BCUT2D eigenvalue weighted by Crippen LogP contribution is 2.19. The lowest BCUT2D eigenvalue weighted by Crippen LogP contribution is -2.50. The highest BCUT2D eigenvalue weighted by molar-refractivity contribution is 7.99. The molecule has 0 saturated heterocycles. The van der Waals surface area contributed by atoms with E-state index in [1.165, 1.54) is 23.9 Å². The molecule has 2 aromatic carbocycles. The van der Waals surface area contributed by atoms with Crippen molar-refractivity contribution < 1.29 is 14.0 Å². The van der Waals surface area contributed by atoms with Gasteiger partial charge in [0.15, 0.2) is 0 Å². The summed E-state index contributed by atoms with van der Waals surface area (Å²) in [5, 5.41) is 3.54. The van der Waals surface area contributed by atoms with Crippen LogP contribution in [-0.4, -0.2) is 34.6 Å². The van der Waals surface area contributed by atoms with Gasteiger partial charge in [-0.1, -0.05) is 42.8 Å². The van der Waals surface area contributed by atoms with Gasteiger partial charge >= 0.3 is 0 Å². The third kappa shape index (κ3) is 7.65. The molecule has 30 heavy (non-hydrogen) atoms. The van der Waals surface area contributed by atoms with Gasteiger partial charge in [-0.2, -0.15) is 0 Å². The van der Waals surface area contributed by atoms with E-state index >= 15 is 0 Å². The predicted octanol–water partition coefficient (Wildman–Crippen LogP) is 5.04. The zero-order valence-corrected chi connectivity index (χ0v) is 19.1. The molecule has 2 amide bonds. The normalized spacial score (nSPS) is 11.9. The molecule has 0 aliphatic carbocycles. The predicted molar refractivity (Wildman–Crippen MR) is 122 cm³/mol. The van der Waals surface area contributed by atoms with Gasteiger partial charge in [-0.15, -0.1) is 11.8 Å². The van der Waals surface area contributed by atoms with E-state index in [0.717, 1.165) is 11.1 Å². The Morgan fingerprint density at radius 3 is 2.23 bits per heavy atom. The van der Waals surface area contributed by atoms with Crippen molar-refractivity contribution in [3.8, 4) is 0 Å². The van der Waals surface area contributed by atoms with Gasteiger partial charge in [0, 0.05) is 23.4 Å². The first-order chi connectivity index (χ1) is 14.3. The van der Waals surface area contributed by atoms with Gasteiger partial charge in [0.2, 0.25) is 11.8 Å². The van der Waals surface area contributed by atoms with Gasteiger partial charge in [-0.05, 0) is 55.7 Å². The minimum atomic E-state index is -0.554. The molecule has 2 aromatic rings. The molecule has 162 valence electrons. The molecule has 0 aliphatic heterocycles. The topological polar surface area (TPSA) is 49.4 Å². The van der Waals surface area contributed by atoms with Crippen molar-refractivity contribution in [2.24, 2.45) is 0 Å². The molecule has 0 heterocycles. The van der Waals surface area contributed by atoms with E-state index in [1.807, 2.05) is 32.9 Å². The van der Waals surface area contributed by atoms with E-state index in [2.05, 4.69) is 5.32 Å². The van der Waals surface area contributed by atoms with E-state index in [4.69, 9.17) is 11.6 Å². The monoisotopic (exact) mass is 450 g/mol. The molecule has 0 saturated carbocycles. The lowest BCUT2D eigenvalue weighted by Gasteiger charge is -2.31. The van der Waals surface area contributed by atoms with E-state index in [9.17, 15) is 14.0 Å². The highest BCUT2D eigenvalue weighted by atomic mass is 35.5. The number of hydrogen-bond acceptors (Lipinski definition) is 3. The van der Waals surface area contributed by atoms with Crippen LogP contribution in [0.25, 0.3) is 0 Å². The molecule has 0 aliphatic rings. The molecule has 2 rings (SSSR count). The highest BCUT2D eigenvalue weighted by Gasteiger charge is 2.28. The lowest BCUT2D eigenvalue weighted by atomic mass is 10.1. The Bertz CT molecular complexity index is 828. The summed E-state index contributed by atoms with van der Waals surface area (Å²) in [5.74, 6) is 0.281. The van der Waals surface area contributed by atoms with Crippen molar-refractivity contribution in [1.82, 2.24) is 10.2 Å². The summed E-state index contributed by atoms with van der Waals surface area (Å²) in [6.07, 6.45) is 0.514. The number of hydrogen-bond donors (Lipinski definition) is 1. The standard InChI is InChI=1S/C23H28ClFN2O2S/c1-4-21(23(29)26-16(2)3)27(13-17-5-9-19(24)10-6-17)22(28)15-30-14-18-7-11-20(25)12-8-18/h5-12,16,21H,4,13-15H2,1-3H3,(H,26,29)/t21-/m1/s1. The molecule has 1 atom stereocenters. The number of amides is 2. The van der Waals surface area contributed by atoms with Crippen molar-refractivity contribution in [1.29, 1.82) is 0 Å². The second-order valence-electron chi connectivity index (χ2n) is 7.35. The molecule has 0 radical (unpaired) electrons. The maximum absolute atomic E-state index is 13.1. The Kier molecular flexibility index (Phi) is 9.66. The van der Waals surface area contributed by atoms with Crippen molar-refractivity contribution in [3.63, 3.8) is 0 Å². The third-order valence-corrected chi connectivity index (χ3v) is 5.73. The number of nitrogens with zero attached hydrogens (tertiary/aromatic N) is 1. The summed E-state index contributed by atoms with van der Waals surface area (Å²) in [6.45, 7) is 6.03. The van der Waals surface area contributed by atoms with Gasteiger partial charge < -0.3 is 10.2 Å². The summed E-state index contributed by atoms with van der Waals surface area (Å²) in [5.41, 5.74) is 1.86. The average Bonchev–Trinajstić information content (AvgIpc) is 2.70. The van der Waals surface area contributed by atoms with Gasteiger partial charge in [0.25, 0.3) is 0 Å². The fourth-order valence-corrected chi connectivity index (χ4v) is 4.00. The van der Waals surface area contributed by atoms with Crippen LogP contribution >= 0.6 is 23.4 Å². The SMILES string of the molecule is CC[C@H](C(=O)NC(C)C)N(Cc1ccc(Cl)cc1)C(=O)CSCc1ccc(F)cc1. The van der Waals surface area contributed by atoms with E-state index in [1.54, 1.807) is 29.2 Å². The fraction of sp³-hybridized carbons (Fsp3) is 0.391. The number of thioether (sulfide) groups is 1. The molecule has 0 aromatic heterocycles. The number of carbonyl (C=O) groups is 2. The van der Waals surface area contributed by atoms with Gasteiger partial charge in [-0.25, -0.2) is 4.39 Å². The Morgan fingerprint density at radius 2 is 1.67 bits per heavy atom. The zero-order chi connectivity index (χ0) is 22.1. The minimum absolute atomic E-state index is 0.00751. The molecule has 0 spiro atoms. The number of halogens is 2. The summed E-state index contributed by atoms with van der Waals surface area (Å²) < 4.78 is 13.1. The minimum Gasteiger partial charge on any atom is -0.352 e. The molecule has 0 bridgehead atoms. The van der Waals surface area contributed by atoms with Crippen LogP contribution in [-0.2, 0) is 21.9 Å². The number of nitrogens with one attached hydrogen (secondary N) is 1. The summed E-state index contributed by atoms with van der Waals surface area (Å²) in [6, 6.07) is 13.0. The Morgan fingerprint density at radius 1 is 1.07 bits per heavy atom. The number of benzene rings is 2. The molecular weight excluding hydrogens is 423 g/mol. The summed E-state index contributed by atoms with van der Waals surface area (Å²) in [7, 11) is 0. The van der Waals surface area contributed by atoms with Crippen LogP contribution in [0, 0.1) is 5.82 Å². The van der Waals surface area contributed by atoms with Crippen molar-refractivity contribution in [2.75, 3.05) is 5.75 Å². The zero-order valence-electron chi connectivity index (χ0n) is 17.5. The fourth-order valence-electron chi connectivity index (χ4n) is 3.01. The number of rotatable bonds is 10. The van der Waals surface area contributed by atoms with Crippen LogP contribution in [0.2, 0.25) is 5.02 Å². The smallest absolute Gasteiger partial charge is 0.243 e.